The normalized spacial score (nSPS) is 9.07. The van der Waals surface area contributed by atoms with Crippen molar-refractivity contribution in [3.8, 4) is 5.75 Å². The number of phenols is 1. The van der Waals surface area contributed by atoms with Crippen molar-refractivity contribution in [2.24, 2.45) is 5.92 Å². The number of rotatable bonds is 3. The molecule has 0 fully saturated rings. The van der Waals surface area contributed by atoms with Crippen LogP contribution in [0.15, 0.2) is 30.3 Å². The van der Waals surface area contributed by atoms with Crippen LogP contribution in [0, 0.1) is 5.92 Å². The number of phenolic OH excluding ortho intramolecular Hbond substituents is 1. The van der Waals surface area contributed by atoms with E-state index in [0.717, 1.165) is 19.1 Å². The van der Waals surface area contributed by atoms with E-state index in [1.807, 2.05) is 19.9 Å². The minimum absolute atomic E-state index is 0.306. The average Bonchev–Trinajstić information content (AvgIpc) is 2.22. The van der Waals surface area contributed by atoms with Crippen molar-refractivity contribution in [2.45, 2.75) is 26.7 Å². The summed E-state index contributed by atoms with van der Waals surface area (Å²) in [5, 5.41) is 8.63. The van der Waals surface area contributed by atoms with Crippen LogP contribution in [-0.4, -0.2) is 11.4 Å². The summed E-state index contributed by atoms with van der Waals surface area (Å²) in [7, 11) is 0. The Balaban J connectivity index is 0.000000241. The average molecular weight is 194 g/mol. The molecule has 0 saturated carbocycles. The van der Waals surface area contributed by atoms with Gasteiger partial charge in [-0.2, -0.15) is 0 Å². The molecule has 0 aliphatic carbocycles. The number of aldehydes is 1. The summed E-state index contributed by atoms with van der Waals surface area (Å²) in [6, 6.07) is 8.71. The smallest absolute Gasteiger partial charge is 0.123 e. The molecule has 78 valence electrons. The lowest BCUT2D eigenvalue weighted by Crippen LogP contribution is -1.95. The molecule has 0 radical (unpaired) electrons. The van der Waals surface area contributed by atoms with Crippen LogP contribution in [0.25, 0.3) is 0 Å². The number of aromatic hydroxyl groups is 1. The Morgan fingerprint density at radius 2 is 1.71 bits per heavy atom. The number of hydrogen-bond donors (Lipinski definition) is 1. The van der Waals surface area contributed by atoms with Gasteiger partial charge in [0.25, 0.3) is 0 Å². The Hall–Kier alpha value is -1.31. The van der Waals surface area contributed by atoms with Crippen LogP contribution in [-0.2, 0) is 4.79 Å². The van der Waals surface area contributed by atoms with Gasteiger partial charge in [-0.1, -0.05) is 32.0 Å². The first kappa shape index (κ1) is 12.7. The molecule has 0 saturated heterocycles. The van der Waals surface area contributed by atoms with Gasteiger partial charge in [0.2, 0.25) is 0 Å². The fourth-order valence-electron chi connectivity index (χ4n) is 0.909. The molecule has 14 heavy (non-hydrogen) atoms. The largest absolute Gasteiger partial charge is 0.508 e. The first-order valence-electron chi connectivity index (χ1n) is 4.93. The van der Waals surface area contributed by atoms with Crippen LogP contribution in [0.4, 0.5) is 0 Å². The summed E-state index contributed by atoms with van der Waals surface area (Å²) in [5.74, 6) is 0.627. The Kier molecular flexibility index (Phi) is 7.52. The third-order valence-electron chi connectivity index (χ3n) is 2.00. The van der Waals surface area contributed by atoms with Crippen LogP contribution in [0.1, 0.15) is 26.7 Å². The van der Waals surface area contributed by atoms with Gasteiger partial charge in [0.1, 0.15) is 12.0 Å². The minimum Gasteiger partial charge on any atom is -0.508 e. The summed E-state index contributed by atoms with van der Waals surface area (Å²) in [5.41, 5.74) is 0. The zero-order valence-electron chi connectivity index (χ0n) is 8.81. The SMILES string of the molecule is CCC(C=O)CC.Oc1ccccc1. The molecule has 0 unspecified atom stereocenters. The van der Waals surface area contributed by atoms with Crippen LogP contribution < -0.4 is 0 Å². The summed E-state index contributed by atoms with van der Waals surface area (Å²) in [6.45, 7) is 4.06. The summed E-state index contributed by atoms with van der Waals surface area (Å²) < 4.78 is 0. The van der Waals surface area contributed by atoms with E-state index in [0.29, 0.717) is 11.7 Å². The molecule has 1 aromatic rings. The van der Waals surface area contributed by atoms with Gasteiger partial charge in [0, 0.05) is 5.92 Å². The molecule has 0 amide bonds. The highest BCUT2D eigenvalue weighted by Gasteiger charge is 1.96. The van der Waals surface area contributed by atoms with Gasteiger partial charge >= 0.3 is 0 Å². The number of carbonyl (C=O) groups is 1. The molecule has 2 heteroatoms. The summed E-state index contributed by atoms with van der Waals surface area (Å²) in [6.07, 6.45) is 3.00. The Labute approximate surface area is 85.6 Å². The quantitative estimate of drug-likeness (QED) is 0.751. The molecule has 2 nitrogen and oxygen atoms in total. The molecule has 0 spiro atoms. The first-order chi connectivity index (χ1) is 6.74. The zero-order valence-corrected chi connectivity index (χ0v) is 8.81. The van der Waals surface area contributed by atoms with Gasteiger partial charge in [-0.3, -0.25) is 0 Å². The fourth-order valence-corrected chi connectivity index (χ4v) is 0.909. The lowest BCUT2D eigenvalue weighted by Gasteiger charge is -1.97. The number of hydrogen-bond acceptors (Lipinski definition) is 2. The van der Waals surface area contributed by atoms with E-state index in [4.69, 9.17) is 5.11 Å². The molecule has 0 atom stereocenters. The molecule has 1 aromatic carbocycles. The molecule has 1 rings (SSSR count). The highest BCUT2D eigenvalue weighted by atomic mass is 16.3. The first-order valence-corrected chi connectivity index (χ1v) is 4.93. The second-order valence-electron chi connectivity index (χ2n) is 3.05. The molecular weight excluding hydrogens is 176 g/mol. The maximum absolute atomic E-state index is 9.97. The standard InChI is InChI=1S/C6H6O.C6H12O/c7-6-4-2-1-3-5-6;1-3-6(4-2)5-7/h1-5,7H;5-6H,3-4H2,1-2H3. The number of para-hydroxylation sites is 1. The highest BCUT2D eigenvalue weighted by Crippen LogP contribution is 2.02. The fraction of sp³-hybridized carbons (Fsp3) is 0.417. The van der Waals surface area contributed by atoms with Gasteiger partial charge < -0.3 is 9.90 Å². The maximum Gasteiger partial charge on any atom is 0.123 e. The van der Waals surface area contributed by atoms with Crippen molar-refractivity contribution < 1.29 is 9.90 Å². The van der Waals surface area contributed by atoms with Crippen LogP contribution >= 0.6 is 0 Å². The van der Waals surface area contributed by atoms with E-state index in [9.17, 15) is 4.79 Å². The lowest BCUT2D eigenvalue weighted by molar-refractivity contribution is -0.111. The second-order valence-corrected chi connectivity index (χ2v) is 3.05. The van der Waals surface area contributed by atoms with Crippen molar-refractivity contribution in [1.29, 1.82) is 0 Å². The molecule has 0 aliphatic rings. The van der Waals surface area contributed by atoms with Gasteiger partial charge in [-0.05, 0) is 25.0 Å². The molecule has 0 aromatic heterocycles. The van der Waals surface area contributed by atoms with E-state index in [2.05, 4.69) is 0 Å². The van der Waals surface area contributed by atoms with Crippen molar-refractivity contribution in [3.63, 3.8) is 0 Å². The lowest BCUT2D eigenvalue weighted by atomic mass is 10.1. The van der Waals surface area contributed by atoms with Crippen molar-refractivity contribution >= 4 is 6.29 Å². The Bertz CT molecular complexity index is 227. The van der Waals surface area contributed by atoms with Gasteiger partial charge in [-0.15, -0.1) is 0 Å². The highest BCUT2D eigenvalue weighted by molar-refractivity contribution is 5.52. The maximum atomic E-state index is 9.97. The number of carbonyl (C=O) groups excluding carboxylic acids is 1. The third-order valence-corrected chi connectivity index (χ3v) is 2.00. The topological polar surface area (TPSA) is 37.3 Å². The molecular formula is C12H18O2. The zero-order chi connectivity index (χ0) is 10.8. The number of benzene rings is 1. The molecule has 0 aliphatic heterocycles. The van der Waals surface area contributed by atoms with Crippen LogP contribution in [0.5, 0.6) is 5.75 Å². The predicted molar refractivity (Wildman–Crippen MR) is 58.2 cm³/mol. The Morgan fingerprint density at radius 3 is 1.86 bits per heavy atom. The molecule has 0 heterocycles. The molecule has 0 bridgehead atoms. The summed E-state index contributed by atoms with van der Waals surface area (Å²) >= 11 is 0. The van der Waals surface area contributed by atoms with Gasteiger partial charge in [0.05, 0.1) is 0 Å². The van der Waals surface area contributed by atoms with Crippen LogP contribution in [0.3, 0.4) is 0 Å². The molecule has 1 N–H and O–H groups in total. The Morgan fingerprint density at radius 1 is 1.21 bits per heavy atom. The van der Waals surface area contributed by atoms with E-state index >= 15 is 0 Å². The van der Waals surface area contributed by atoms with E-state index in [1.54, 1.807) is 24.3 Å². The van der Waals surface area contributed by atoms with Crippen molar-refractivity contribution in [2.75, 3.05) is 0 Å². The van der Waals surface area contributed by atoms with Gasteiger partial charge in [-0.25, -0.2) is 0 Å². The third kappa shape index (κ3) is 6.23. The summed E-state index contributed by atoms with van der Waals surface area (Å²) in [4.78, 5) is 9.97. The van der Waals surface area contributed by atoms with E-state index in [-0.39, 0.29) is 0 Å². The monoisotopic (exact) mass is 194 g/mol. The predicted octanol–water partition coefficient (Wildman–Crippen LogP) is 3.01. The van der Waals surface area contributed by atoms with E-state index < -0.39 is 0 Å². The van der Waals surface area contributed by atoms with Crippen LogP contribution in [0.2, 0.25) is 0 Å². The minimum atomic E-state index is 0.306. The van der Waals surface area contributed by atoms with E-state index in [1.165, 1.54) is 0 Å². The second kappa shape index (κ2) is 8.30. The van der Waals surface area contributed by atoms with Crippen molar-refractivity contribution in [1.82, 2.24) is 0 Å². The van der Waals surface area contributed by atoms with Gasteiger partial charge in [0.15, 0.2) is 0 Å². The van der Waals surface area contributed by atoms with Crippen molar-refractivity contribution in [3.05, 3.63) is 30.3 Å².